The summed E-state index contributed by atoms with van der Waals surface area (Å²) in [6, 6.07) is 6.82. The number of nitrogens with zero attached hydrogens (tertiary/aromatic N) is 4. The second-order valence-electron chi connectivity index (χ2n) is 6.84. The van der Waals surface area contributed by atoms with Crippen LogP contribution >= 0.6 is 0 Å². The lowest BCUT2D eigenvalue weighted by molar-refractivity contribution is 0.309. The molecule has 140 valence electrons. The van der Waals surface area contributed by atoms with Crippen molar-refractivity contribution in [2.24, 2.45) is 0 Å². The Morgan fingerprint density at radius 3 is 2.69 bits per heavy atom. The average Bonchev–Trinajstić information content (AvgIpc) is 3.28. The third-order valence-corrected chi connectivity index (χ3v) is 7.34. The molecule has 6 nitrogen and oxygen atoms in total. The van der Waals surface area contributed by atoms with Gasteiger partial charge in [-0.1, -0.05) is 0 Å². The maximum Gasteiger partial charge on any atom is 0.260 e. The normalized spacial score (nSPS) is 19.1. The van der Waals surface area contributed by atoms with Crippen LogP contribution < -0.4 is 4.90 Å². The molecule has 0 radical (unpaired) electrons. The van der Waals surface area contributed by atoms with Crippen molar-refractivity contribution >= 4 is 15.7 Å². The van der Waals surface area contributed by atoms with E-state index in [0.29, 0.717) is 25.7 Å². The van der Waals surface area contributed by atoms with Crippen LogP contribution in [0.2, 0.25) is 0 Å². The minimum atomic E-state index is -3.51. The van der Waals surface area contributed by atoms with Crippen molar-refractivity contribution in [1.29, 1.82) is 0 Å². The largest absolute Gasteiger partial charge is 0.368 e. The number of rotatable bonds is 4. The first-order valence-corrected chi connectivity index (χ1v) is 10.5. The van der Waals surface area contributed by atoms with E-state index in [9.17, 15) is 12.8 Å². The molecule has 0 spiro atoms. The van der Waals surface area contributed by atoms with Crippen molar-refractivity contribution < 1.29 is 12.8 Å². The van der Waals surface area contributed by atoms with Gasteiger partial charge in [0.15, 0.2) is 5.03 Å². The number of aromatic nitrogens is 2. The zero-order chi connectivity index (χ0) is 18.3. The molecule has 2 aliphatic rings. The molecule has 0 atom stereocenters. The quantitative estimate of drug-likeness (QED) is 0.819. The Morgan fingerprint density at radius 2 is 1.96 bits per heavy atom. The smallest absolute Gasteiger partial charge is 0.260 e. The van der Waals surface area contributed by atoms with Crippen LogP contribution in [-0.4, -0.2) is 48.2 Å². The average molecular weight is 378 g/mol. The van der Waals surface area contributed by atoms with Gasteiger partial charge in [0.1, 0.15) is 5.82 Å². The van der Waals surface area contributed by atoms with Crippen molar-refractivity contribution in [3.63, 3.8) is 0 Å². The molecular formula is C18H23FN4O2S. The summed E-state index contributed by atoms with van der Waals surface area (Å²) in [6.07, 6.45) is 3.93. The Morgan fingerprint density at radius 1 is 1.19 bits per heavy atom. The standard InChI is InChI=1S/C18H23FN4O2S/c1-2-23-18(5-9-20-23)26(24,25)21-10-7-16(8-11-21)22-12-6-14-13-15(19)3-4-17(14)22/h3-5,9,13,16H,2,6-8,10-12H2,1H3. The monoisotopic (exact) mass is 378 g/mol. The molecule has 1 aromatic carbocycles. The van der Waals surface area contributed by atoms with E-state index >= 15 is 0 Å². The third kappa shape index (κ3) is 2.91. The first-order valence-electron chi connectivity index (χ1n) is 9.07. The summed E-state index contributed by atoms with van der Waals surface area (Å²) < 4.78 is 42.3. The number of anilines is 1. The number of sulfonamides is 1. The van der Waals surface area contributed by atoms with Crippen molar-refractivity contribution in [3.05, 3.63) is 41.8 Å². The molecule has 26 heavy (non-hydrogen) atoms. The molecule has 1 fully saturated rings. The number of piperidine rings is 1. The summed E-state index contributed by atoms with van der Waals surface area (Å²) in [5.41, 5.74) is 2.14. The van der Waals surface area contributed by atoms with E-state index in [2.05, 4.69) is 10.00 Å². The highest BCUT2D eigenvalue weighted by atomic mass is 32.2. The molecule has 1 aromatic heterocycles. The van der Waals surface area contributed by atoms with Gasteiger partial charge in [0.05, 0.1) is 6.20 Å². The topological polar surface area (TPSA) is 58.4 Å². The zero-order valence-corrected chi connectivity index (χ0v) is 15.6. The van der Waals surface area contributed by atoms with Crippen molar-refractivity contribution in [1.82, 2.24) is 14.1 Å². The van der Waals surface area contributed by atoms with Gasteiger partial charge in [-0.15, -0.1) is 0 Å². The molecule has 0 unspecified atom stereocenters. The van der Waals surface area contributed by atoms with Gasteiger partial charge in [0, 0.05) is 37.9 Å². The number of aryl methyl sites for hydroxylation is 1. The van der Waals surface area contributed by atoms with Crippen molar-refractivity contribution in [2.75, 3.05) is 24.5 Å². The van der Waals surface area contributed by atoms with E-state index in [1.54, 1.807) is 16.4 Å². The van der Waals surface area contributed by atoms with Crippen LogP contribution in [0.4, 0.5) is 10.1 Å². The Hall–Kier alpha value is -1.93. The number of fused-ring (bicyclic) bond motifs is 1. The van der Waals surface area contributed by atoms with Crippen LogP contribution in [0.25, 0.3) is 0 Å². The number of benzene rings is 1. The van der Waals surface area contributed by atoms with Gasteiger partial charge in [0.25, 0.3) is 10.0 Å². The summed E-state index contributed by atoms with van der Waals surface area (Å²) in [4.78, 5) is 2.31. The first-order chi connectivity index (χ1) is 12.5. The Kier molecular flexibility index (Phi) is 4.48. The van der Waals surface area contributed by atoms with Gasteiger partial charge in [-0.25, -0.2) is 12.8 Å². The zero-order valence-electron chi connectivity index (χ0n) is 14.8. The highest BCUT2D eigenvalue weighted by Gasteiger charge is 2.35. The first kappa shape index (κ1) is 17.5. The SMILES string of the molecule is CCn1nccc1S(=O)(=O)N1CCC(N2CCc3cc(F)ccc32)CC1. The minimum Gasteiger partial charge on any atom is -0.368 e. The molecule has 0 N–H and O–H groups in total. The van der Waals surface area contributed by atoms with Gasteiger partial charge in [0.2, 0.25) is 0 Å². The van der Waals surface area contributed by atoms with Gasteiger partial charge in [-0.05, 0) is 56.0 Å². The highest BCUT2D eigenvalue weighted by Crippen LogP contribution is 2.33. The summed E-state index contributed by atoms with van der Waals surface area (Å²) in [5.74, 6) is -0.195. The summed E-state index contributed by atoms with van der Waals surface area (Å²) in [6.45, 7) is 4.27. The molecule has 2 aromatic rings. The van der Waals surface area contributed by atoms with Crippen LogP contribution in [-0.2, 0) is 23.0 Å². The molecule has 2 aliphatic heterocycles. The third-order valence-electron chi connectivity index (χ3n) is 5.42. The van der Waals surface area contributed by atoms with E-state index in [1.807, 2.05) is 13.0 Å². The molecule has 8 heteroatoms. The number of halogens is 1. The Bertz CT molecular complexity index is 904. The van der Waals surface area contributed by atoms with E-state index in [0.717, 1.165) is 37.1 Å². The molecular weight excluding hydrogens is 355 g/mol. The summed E-state index contributed by atoms with van der Waals surface area (Å²) >= 11 is 0. The molecule has 0 bridgehead atoms. The second kappa shape index (κ2) is 6.66. The van der Waals surface area contributed by atoms with Crippen LogP contribution in [0.1, 0.15) is 25.3 Å². The van der Waals surface area contributed by atoms with Crippen LogP contribution in [0.5, 0.6) is 0 Å². The predicted molar refractivity (Wildman–Crippen MR) is 97.1 cm³/mol. The fraction of sp³-hybridized carbons (Fsp3) is 0.500. The lowest BCUT2D eigenvalue weighted by Crippen LogP contribution is -2.46. The van der Waals surface area contributed by atoms with E-state index in [-0.39, 0.29) is 10.8 Å². The van der Waals surface area contributed by atoms with Gasteiger partial charge in [-0.2, -0.15) is 9.40 Å². The highest BCUT2D eigenvalue weighted by molar-refractivity contribution is 7.89. The molecule has 1 saturated heterocycles. The lowest BCUT2D eigenvalue weighted by Gasteiger charge is -2.37. The molecule has 4 rings (SSSR count). The summed E-state index contributed by atoms with van der Waals surface area (Å²) in [5, 5.41) is 4.34. The number of hydrogen-bond acceptors (Lipinski definition) is 4. The maximum atomic E-state index is 13.4. The molecule has 0 aliphatic carbocycles. The molecule has 0 saturated carbocycles. The second-order valence-corrected chi connectivity index (χ2v) is 8.72. The minimum absolute atomic E-state index is 0.195. The Labute approximate surface area is 153 Å². The van der Waals surface area contributed by atoms with E-state index < -0.39 is 10.0 Å². The fourth-order valence-electron chi connectivity index (χ4n) is 4.08. The van der Waals surface area contributed by atoms with Gasteiger partial charge in [-0.3, -0.25) is 4.68 Å². The van der Waals surface area contributed by atoms with Crippen molar-refractivity contribution in [2.45, 2.75) is 43.8 Å². The van der Waals surface area contributed by atoms with Crippen LogP contribution in [0, 0.1) is 5.82 Å². The van der Waals surface area contributed by atoms with Crippen molar-refractivity contribution in [3.8, 4) is 0 Å². The fourth-order valence-corrected chi connectivity index (χ4v) is 5.71. The predicted octanol–water partition coefficient (Wildman–Crippen LogP) is 2.26. The maximum absolute atomic E-state index is 13.4. The van der Waals surface area contributed by atoms with Crippen LogP contribution in [0.3, 0.4) is 0 Å². The van der Waals surface area contributed by atoms with Gasteiger partial charge >= 0.3 is 0 Å². The van der Waals surface area contributed by atoms with Crippen LogP contribution in [0.15, 0.2) is 35.5 Å². The number of hydrogen-bond donors (Lipinski definition) is 0. The molecule has 3 heterocycles. The Balaban J connectivity index is 1.47. The van der Waals surface area contributed by atoms with E-state index in [1.165, 1.54) is 16.9 Å². The molecule has 0 amide bonds. The summed E-state index contributed by atoms with van der Waals surface area (Å²) in [7, 11) is -3.51. The van der Waals surface area contributed by atoms with E-state index in [4.69, 9.17) is 0 Å². The lowest BCUT2D eigenvalue weighted by atomic mass is 10.0. The van der Waals surface area contributed by atoms with Gasteiger partial charge < -0.3 is 4.90 Å².